The fraction of sp³-hybridized carbons (Fsp3) is 0.421. The van der Waals surface area contributed by atoms with Crippen molar-refractivity contribution in [1.29, 1.82) is 0 Å². The first-order valence-corrected chi connectivity index (χ1v) is 9.21. The standard InChI is InChI=1S/C19H24N4O6/c1-3-8-20-19(26)21-17(24)12-29-18(25)14-6-7-15(16(10-14)23(27)28)22-9-4-5-13(2)11-22/h3,6-7,10,13H,1,4-5,8-9,11-12H2,2H3,(H2,20,21,24,26)/t13-/m0/s1. The predicted octanol–water partition coefficient (Wildman–Crippen LogP) is 2.00. The number of nitrogens with zero attached hydrogens (tertiary/aromatic N) is 2. The van der Waals surface area contributed by atoms with Crippen molar-refractivity contribution in [2.45, 2.75) is 19.8 Å². The van der Waals surface area contributed by atoms with Crippen LogP contribution in [0.15, 0.2) is 30.9 Å². The van der Waals surface area contributed by atoms with Gasteiger partial charge in [0, 0.05) is 25.7 Å². The molecule has 0 spiro atoms. The van der Waals surface area contributed by atoms with Crippen LogP contribution in [0.3, 0.4) is 0 Å². The lowest BCUT2D eigenvalue weighted by molar-refractivity contribution is -0.384. The summed E-state index contributed by atoms with van der Waals surface area (Å²) < 4.78 is 4.85. The molecule has 1 saturated heterocycles. The van der Waals surface area contributed by atoms with E-state index in [0.717, 1.165) is 18.9 Å². The Morgan fingerprint density at radius 3 is 2.83 bits per heavy atom. The van der Waals surface area contributed by atoms with Crippen LogP contribution >= 0.6 is 0 Å². The molecule has 1 aliphatic rings. The van der Waals surface area contributed by atoms with Gasteiger partial charge in [-0.15, -0.1) is 6.58 Å². The normalized spacial score (nSPS) is 15.9. The summed E-state index contributed by atoms with van der Waals surface area (Å²) in [4.78, 5) is 48.1. The SMILES string of the molecule is C=CCNC(=O)NC(=O)COC(=O)c1ccc(N2CCC[C@H](C)C2)c([N+](=O)[O-])c1. The lowest BCUT2D eigenvalue weighted by atomic mass is 9.99. The molecule has 1 aliphatic heterocycles. The van der Waals surface area contributed by atoms with Crippen LogP contribution in [-0.2, 0) is 9.53 Å². The van der Waals surface area contributed by atoms with Gasteiger partial charge in [-0.1, -0.05) is 13.0 Å². The van der Waals surface area contributed by atoms with Crippen LogP contribution in [0.1, 0.15) is 30.1 Å². The number of imide groups is 1. The zero-order chi connectivity index (χ0) is 21.4. The van der Waals surface area contributed by atoms with E-state index in [2.05, 4.69) is 18.8 Å². The average molecular weight is 404 g/mol. The monoisotopic (exact) mass is 404 g/mol. The molecule has 29 heavy (non-hydrogen) atoms. The van der Waals surface area contributed by atoms with Gasteiger partial charge in [-0.2, -0.15) is 0 Å². The van der Waals surface area contributed by atoms with Crippen molar-refractivity contribution in [2.24, 2.45) is 5.92 Å². The summed E-state index contributed by atoms with van der Waals surface area (Å²) in [7, 11) is 0. The van der Waals surface area contributed by atoms with Gasteiger partial charge in [0.05, 0.1) is 10.5 Å². The van der Waals surface area contributed by atoms with Crippen LogP contribution in [0.2, 0.25) is 0 Å². The molecule has 1 aromatic rings. The molecule has 3 amide bonds. The minimum absolute atomic E-state index is 0.0468. The smallest absolute Gasteiger partial charge is 0.338 e. The van der Waals surface area contributed by atoms with E-state index < -0.39 is 29.4 Å². The molecule has 0 aliphatic carbocycles. The lowest BCUT2D eigenvalue weighted by Gasteiger charge is -2.32. The van der Waals surface area contributed by atoms with Gasteiger partial charge in [0.2, 0.25) is 0 Å². The highest BCUT2D eigenvalue weighted by molar-refractivity contribution is 5.97. The lowest BCUT2D eigenvalue weighted by Crippen LogP contribution is -2.41. The molecular weight excluding hydrogens is 380 g/mol. The molecule has 0 bridgehead atoms. The van der Waals surface area contributed by atoms with Crippen molar-refractivity contribution < 1.29 is 24.0 Å². The van der Waals surface area contributed by atoms with Crippen LogP contribution < -0.4 is 15.5 Å². The highest BCUT2D eigenvalue weighted by Gasteiger charge is 2.25. The molecule has 0 aromatic heterocycles. The van der Waals surface area contributed by atoms with E-state index in [1.807, 2.05) is 10.2 Å². The van der Waals surface area contributed by atoms with Crippen molar-refractivity contribution in [3.8, 4) is 0 Å². The number of urea groups is 1. The maximum atomic E-state index is 12.2. The number of nitro groups is 1. The van der Waals surface area contributed by atoms with Gasteiger partial charge in [-0.05, 0) is 30.9 Å². The highest BCUT2D eigenvalue weighted by atomic mass is 16.6. The number of piperidine rings is 1. The molecule has 0 radical (unpaired) electrons. The summed E-state index contributed by atoms with van der Waals surface area (Å²) in [6.07, 6.45) is 3.45. The first-order valence-electron chi connectivity index (χ1n) is 9.21. The third kappa shape index (κ3) is 6.30. The summed E-state index contributed by atoms with van der Waals surface area (Å²) in [5.41, 5.74) is 0.214. The Bertz CT molecular complexity index is 810. The molecule has 1 heterocycles. The molecule has 2 N–H and O–H groups in total. The van der Waals surface area contributed by atoms with Crippen LogP contribution in [0.4, 0.5) is 16.2 Å². The molecule has 10 heteroatoms. The second-order valence-corrected chi connectivity index (χ2v) is 6.78. The number of hydrogen-bond donors (Lipinski definition) is 2. The van der Waals surface area contributed by atoms with Crippen LogP contribution in [-0.4, -0.2) is 49.1 Å². The van der Waals surface area contributed by atoms with Crippen LogP contribution in [0.25, 0.3) is 0 Å². The number of rotatable bonds is 7. The molecule has 156 valence electrons. The fourth-order valence-electron chi connectivity index (χ4n) is 3.06. The number of anilines is 1. The predicted molar refractivity (Wildman–Crippen MR) is 106 cm³/mol. The van der Waals surface area contributed by atoms with Gasteiger partial charge in [-0.3, -0.25) is 20.2 Å². The number of carbonyl (C=O) groups excluding carboxylic acids is 3. The molecule has 0 unspecified atom stereocenters. The number of carbonyl (C=O) groups is 3. The third-order valence-corrected chi connectivity index (χ3v) is 4.40. The van der Waals surface area contributed by atoms with Gasteiger partial charge in [0.15, 0.2) is 6.61 Å². The minimum Gasteiger partial charge on any atom is -0.452 e. The molecule has 2 rings (SSSR count). The van der Waals surface area contributed by atoms with E-state index in [4.69, 9.17) is 4.74 Å². The highest BCUT2D eigenvalue weighted by Crippen LogP contribution is 2.32. The second kappa shape index (κ2) is 10.2. The van der Waals surface area contributed by atoms with E-state index in [-0.39, 0.29) is 17.8 Å². The van der Waals surface area contributed by atoms with E-state index >= 15 is 0 Å². The minimum atomic E-state index is -0.895. The number of ether oxygens (including phenoxy) is 1. The molecule has 1 aromatic carbocycles. The topological polar surface area (TPSA) is 131 Å². The molecule has 1 fully saturated rings. The maximum Gasteiger partial charge on any atom is 0.338 e. The summed E-state index contributed by atoms with van der Waals surface area (Å²) in [5, 5.41) is 15.8. The number of esters is 1. The van der Waals surface area contributed by atoms with Gasteiger partial charge in [0.1, 0.15) is 5.69 Å². The maximum absolute atomic E-state index is 12.2. The Labute approximate surface area is 168 Å². The van der Waals surface area contributed by atoms with Gasteiger partial charge < -0.3 is 15.0 Å². The number of benzene rings is 1. The number of hydrogen-bond acceptors (Lipinski definition) is 7. The van der Waals surface area contributed by atoms with Crippen molar-refractivity contribution in [2.75, 3.05) is 31.1 Å². The first-order chi connectivity index (χ1) is 13.8. The summed E-state index contributed by atoms with van der Waals surface area (Å²) in [6, 6.07) is 3.35. The Morgan fingerprint density at radius 1 is 1.41 bits per heavy atom. The summed E-state index contributed by atoms with van der Waals surface area (Å²) in [6.45, 7) is 6.40. The average Bonchev–Trinajstić information content (AvgIpc) is 2.70. The first kappa shape index (κ1) is 21.9. The van der Waals surface area contributed by atoms with Crippen molar-refractivity contribution >= 4 is 29.3 Å². The number of nitrogens with one attached hydrogen (secondary N) is 2. The number of amides is 3. The van der Waals surface area contributed by atoms with Crippen molar-refractivity contribution in [3.63, 3.8) is 0 Å². The van der Waals surface area contributed by atoms with Crippen LogP contribution in [0.5, 0.6) is 0 Å². The zero-order valence-corrected chi connectivity index (χ0v) is 16.2. The zero-order valence-electron chi connectivity index (χ0n) is 16.2. The Balaban J connectivity index is 2.02. The second-order valence-electron chi connectivity index (χ2n) is 6.78. The molecule has 0 saturated carbocycles. The molecular formula is C19H24N4O6. The Morgan fingerprint density at radius 2 is 2.17 bits per heavy atom. The van der Waals surface area contributed by atoms with E-state index in [1.54, 1.807) is 0 Å². The largest absolute Gasteiger partial charge is 0.452 e. The Kier molecular flexibility index (Phi) is 7.70. The molecule has 1 atom stereocenters. The van der Waals surface area contributed by atoms with Crippen molar-refractivity contribution in [3.05, 3.63) is 46.5 Å². The number of nitro benzene ring substituents is 1. The summed E-state index contributed by atoms with van der Waals surface area (Å²) in [5.74, 6) is -1.29. The van der Waals surface area contributed by atoms with Gasteiger partial charge in [0.25, 0.3) is 11.6 Å². The van der Waals surface area contributed by atoms with Gasteiger partial charge in [-0.25, -0.2) is 9.59 Å². The third-order valence-electron chi connectivity index (χ3n) is 4.40. The Hall–Kier alpha value is -3.43. The van der Waals surface area contributed by atoms with Gasteiger partial charge >= 0.3 is 12.0 Å². The fourth-order valence-corrected chi connectivity index (χ4v) is 3.06. The summed E-state index contributed by atoms with van der Waals surface area (Å²) >= 11 is 0. The van der Waals surface area contributed by atoms with Crippen LogP contribution in [0, 0.1) is 16.0 Å². The van der Waals surface area contributed by atoms with Crippen molar-refractivity contribution in [1.82, 2.24) is 10.6 Å². The van der Waals surface area contributed by atoms with E-state index in [0.29, 0.717) is 24.7 Å². The quantitative estimate of drug-likeness (QED) is 0.307. The van der Waals surface area contributed by atoms with E-state index in [9.17, 15) is 24.5 Å². The van der Waals surface area contributed by atoms with E-state index in [1.165, 1.54) is 18.2 Å². The molecule has 10 nitrogen and oxygen atoms in total.